The van der Waals surface area contributed by atoms with E-state index in [0.29, 0.717) is 6.61 Å². The fraction of sp³-hybridized carbons (Fsp3) is 0.500. The second-order valence-corrected chi connectivity index (χ2v) is 7.17. The quantitative estimate of drug-likeness (QED) is 0.707. The number of sulfonamides is 1. The topological polar surface area (TPSA) is 102 Å². The van der Waals surface area contributed by atoms with E-state index in [1.807, 2.05) is 0 Å². The Bertz CT molecular complexity index is 655. The molecule has 0 saturated carbocycles. The molecule has 0 bridgehead atoms. The Hall–Kier alpha value is -0.930. The monoisotopic (exact) mass is 338 g/mol. The van der Waals surface area contributed by atoms with E-state index in [2.05, 4.69) is 4.72 Å². The summed E-state index contributed by atoms with van der Waals surface area (Å²) in [6.07, 6.45) is -0.230. The molecule has 4 N–H and O–H groups in total. The molecule has 0 aromatic heterocycles. The van der Waals surface area contributed by atoms with Crippen molar-refractivity contribution in [2.24, 2.45) is 0 Å². The van der Waals surface area contributed by atoms with Crippen molar-refractivity contribution in [1.82, 2.24) is 4.72 Å². The predicted molar refractivity (Wildman–Crippen MR) is 76.0 cm³/mol. The average Bonchev–Trinajstić information content (AvgIpc) is 2.72. The van der Waals surface area contributed by atoms with Crippen LogP contribution in [0.1, 0.15) is 13.3 Å². The van der Waals surface area contributed by atoms with Gasteiger partial charge in [0.2, 0.25) is 10.0 Å². The summed E-state index contributed by atoms with van der Waals surface area (Å²) in [7, 11) is -4.19. The van der Waals surface area contributed by atoms with E-state index < -0.39 is 32.4 Å². The fourth-order valence-corrected chi connectivity index (χ4v) is 3.60. The largest absolute Gasteiger partial charge is 0.396 e. The van der Waals surface area contributed by atoms with Crippen molar-refractivity contribution in [2.75, 3.05) is 18.9 Å². The third-order valence-electron chi connectivity index (χ3n) is 3.55. The zero-order valence-electron chi connectivity index (χ0n) is 11.3. The van der Waals surface area contributed by atoms with Gasteiger partial charge in [0.25, 0.3) is 0 Å². The van der Waals surface area contributed by atoms with Gasteiger partial charge in [-0.05, 0) is 19.1 Å². The molecule has 0 amide bonds. The van der Waals surface area contributed by atoms with E-state index >= 15 is 0 Å². The standard InChI is InChI=1S/C12H16ClFN2O4S/c1-7-12(17,2-3-20-7)6-16-21(18,19)10-5-8(13)4-9(15)11(10)14/h4-5,7,16-17H,2-3,6,15H2,1H3. The van der Waals surface area contributed by atoms with Gasteiger partial charge in [0.15, 0.2) is 5.82 Å². The Morgan fingerprint density at radius 3 is 2.86 bits per heavy atom. The lowest BCUT2D eigenvalue weighted by Crippen LogP contribution is -2.47. The van der Waals surface area contributed by atoms with E-state index in [9.17, 15) is 17.9 Å². The van der Waals surface area contributed by atoms with Crippen LogP contribution in [0.5, 0.6) is 0 Å². The Kier molecular flexibility index (Phi) is 4.46. The Morgan fingerprint density at radius 1 is 1.62 bits per heavy atom. The van der Waals surface area contributed by atoms with Gasteiger partial charge in [0, 0.05) is 24.6 Å². The van der Waals surface area contributed by atoms with Crippen molar-refractivity contribution < 1.29 is 22.7 Å². The molecule has 0 spiro atoms. The molecule has 2 unspecified atom stereocenters. The van der Waals surface area contributed by atoms with Gasteiger partial charge in [0.05, 0.1) is 11.8 Å². The summed E-state index contributed by atoms with van der Waals surface area (Å²) in [6, 6.07) is 2.09. The van der Waals surface area contributed by atoms with Crippen molar-refractivity contribution >= 4 is 27.3 Å². The number of ether oxygens (including phenoxy) is 1. The number of nitrogen functional groups attached to an aromatic ring is 1. The van der Waals surface area contributed by atoms with Crippen LogP contribution in [0.3, 0.4) is 0 Å². The molecule has 1 fully saturated rings. The highest BCUT2D eigenvalue weighted by molar-refractivity contribution is 7.89. The van der Waals surface area contributed by atoms with Crippen LogP contribution in [0.25, 0.3) is 0 Å². The number of rotatable bonds is 4. The van der Waals surface area contributed by atoms with Crippen LogP contribution in [-0.2, 0) is 14.8 Å². The summed E-state index contributed by atoms with van der Waals surface area (Å²) in [5.74, 6) is -1.07. The van der Waals surface area contributed by atoms with Crippen LogP contribution in [-0.4, -0.2) is 38.4 Å². The number of nitrogens with one attached hydrogen (secondary N) is 1. The molecule has 1 saturated heterocycles. The highest BCUT2D eigenvalue weighted by atomic mass is 35.5. The first kappa shape index (κ1) is 16.4. The van der Waals surface area contributed by atoms with Crippen molar-refractivity contribution in [3.05, 3.63) is 23.0 Å². The normalized spacial score (nSPS) is 26.2. The molecule has 1 heterocycles. The lowest BCUT2D eigenvalue weighted by atomic mass is 9.97. The summed E-state index contributed by atoms with van der Waals surface area (Å²) in [5.41, 5.74) is 3.68. The van der Waals surface area contributed by atoms with Gasteiger partial charge in [-0.3, -0.25) is 0 Å². The van der Waals surface area contributed by atoms with Gasteiger partial charge < -0.3 is 15.6 Å². The first-order valence-electron chi connectivity index (χ1n) is 6.24. The maximum atomic E-state index is 13.9. The molecule has 0 radical (unpaired) electrons. The zero-order valence-corrected chi connectivity index (χ0v) is 12.8. The molecule has 6 nitrogen and oxygen atoms in total. The highest BCUT2D eigenvalue weighted by Gasteiger charge is 2.40. The van der Waals surface area contributed by atoms with Crippen molar-refractivity contribution in [1.29, 1.82) is 0 Å². The maximum Gasteiger partial charge on any atom is 0.243 e. The Balaban J connectivity index is 2.24. The molecular weight excluding hydrogens is 323 g/mol. The van der Waals surface area contributed by atoms with Gasteiger partial charge >= 0.3 is 0 Å². The lowest BCUT2D eigenvalue weighted by Gasteiger charge is -2.26. The van der Waals surface area contributed by atoms with Crippen LogP contribution in [0.2, 0.25) is 5.02 Å². The SMILES string of the molecule is CC1OCCC1(O)CNS(=O)(=O)c1cc(Cl)cc(N)c1F. The molecule has 1 aliphatic rings. The van der Waals surface area contributed by atoms with Crippen molar-refractivity contribution in [3.8, 4) is 0 Å². The first-order valence-corrected chi connectivity index (χ1v) is 8.10. The number of hydrogen-bond acceptors (Lipinski definition) is 5. The third-order valence-corrected chi connectivity index (χ3v) is 5.17. The second kappa shape index (κ2) is 5.69. The molecule has 1 aliphatic heterocycles. The predicted octanol–water partition coefficient (Wildman–Crippen LogP) is 0.879. The zero-order chi connectivity index (χ0) is 15.8. The van der Waals surface area contributed by atoms with Gasteiger partial charge in [0.1, 0.15) is 10.5 Å². The second-order valence-electron chi connectivity index (χ2n) is 5.00. The van der Waals surface area contributed by atoms with E-state index in [0.717, 1.165) is 12.1 Å². The number of nitrogens with two attached hydrogens (primary N) is 1. The fourth-order valence-electron chi connectivity index (χ4n) is 2.08. The Labute approximate surface area is 127 Å². The van der Waals surface area contributed by atoms with Crippen LogP contribution in [0.15, 0.2) is 17.0 Å². The highest BCUT2D eigenvalue weighted by Crippen LogP contribution is 2.27. The minimum absolute atomic E-state index is 0.00514. The number of aliphatic hydroxyl groups is 1. The molecule has 1 aromatic carbocycles. The van der Waals surface area contributed by atoms with E-state index in [4.69, 9.17) is 22.1 Å². The van der Waals surface area contributed by atoms with E-state index in [-0.39, 0.29) is 23.7 Å². The summed E-state index contributed by atoms with van der Waals surface area (Å²) in [6.45, 7) is 1.68. The number of benzene rings is 1. The van der Waals surface area contributed by atoms with Gasteiger partial charge in [-0.2, -0.15) is 0 Å². The Morgan fingerprint density at radius 2 is 2.29 bits per heavy atom. The number of hydrogen-bond donors (Lipinski definition) is 3. The van der Waals surface area contributed by atoms with Crippen molar-refractivity contribution in [3.63, 3.8) is 0 Å². The summed E-state index contributed by atoms with van der Waals surface area (Å²) in [5, 5.41) is 10.3. The molecule has 2 atom stereocenters. The summed E-state index contributed by atoms with van der Waals surface area (Å²) < 4.78 is 45.5. The van der Waals surface area contributed by atoms with E-state index in [1.165, 1.54) is 0 Å². The van der Waals surface area contributed by atoms with Crippen LogP contribution in [0.4, 0.5) is 10.1 Å². The molecule has 1 aromatic rings. The molecule has 21 heavy (non-hydrogen) atoms. The lowest BCUT2D eigenvalue weighted by molar-refractivity contribution is -0.0228. The summed E-state index contributed by atoms with van der Waals surface area (Å²) >= 11 is 5.70. The average molecular weight is 339 g/mol. The van der Waals surface area contributed by atoms with Crippen LogP contribution in [0, 0.1) is 5.82 Å². The number of anilines is 1. The van der Waals surface area contributed by atoms with Gasteiger partial charge in [-0.15, -0.1) is 0 Å². The van der Waals surface area contributed by atoms with Crippen LogP contribution >= 0.6 is 11.6 Å². The summed E-state index contributed by atoms with van der Waals surface area (Å²) in [4.78, 5) is -0.650. The minimum Gasteiger partial charge on any atom is -0.396 e. The minimum atomic E-state index is -4.19. The van der Waals surface area contributed by atoms with Gasteiger partial charge in [-0.25, -0.2) is 17.5 Å². The molecular formula is C12H16ClFN2O4S. The number of halogens is 2. The smallest absolute Gasteiger partial charge is 0.243 e. The van der Waals surface area contributed by atoms with Gasteiger partial charge in [-0.1, -0.05) is 11.6 Å². The third kappa shape index (κ3) is 3.29. The van der Waals surface area contributed by atoms with E-state index in [1.54, 1.807) is 6.92 Å². The molecule has 0 aliphatic carbocycles. The first-order chi connectivity index (χ1) is 9.66. The maximum absolute atomic E-state index is 13.9. The molecule has 2 rings (SSSR count). The molecule has 118 valence electrons. The van der Waals surface area contributed by atoms with Crippen LogP contribution < -0.4 is 10.5 Å². The van der Waals surface area contributed by atoms with Crippen molar-refractivity contribution in [2.45, 2.75) is 29.9 Å². The molecule has 9 heteroatoms.